The van der Waals surface area contributed by atoms with Crippen LogP contribution in [-0.2, 0) is 0 Å². The largest absolute Gasteiger partial charge is 0.497 e. The van der Waals surface area contributed by atoms with Crippen molar-refractivity contribution in [3.05, 3.63) is 48.0 Å². The summed E-state index contributed by atoms with van der Waals surface area (Å²) in [5.74, 6) is 1.66. The fraction of sp³-hybridized carbons (Fsp3) is 0.188. The van der Waals surface area contributed by atoms with Crippen LogP contribution in [0.2, 0.25) is 0 Å². The Morgan fingerprint density at radius 1 is 0.714 bits per heavy atom. The maximum absolute atomic E-state index is 12.1. The molecule has 0 saturated heterocycles. The average Bonchev–Trinajstić information content (AvgIpc) is 2.54. The molecule has 0 aromatic heterocycles. The Hall–Kier alpha value is -2.69. The van der Waals surface area contributed by atoms with Crippen molar-refractivity contribution < 1.29 is 23.7 Å². The number of hydrogen-bond acceptors (Lipinski definition) is 5. The predicted molar refractivity (Wildman–Crippen MR) is 77.5 cm³/mol. The molecule has 0 atom stereocenters. The van der Waals surface area contributed by atoms with Gasteiger partial charge in [0, 0.05) is 18.2 Å². The molecule has 0 aliphatic carbocycles. The SMILES string of the molecule is COc1ccc(C(=O)Oc2cc(OC)cc(OC)c2)cc1. The summed E-state index contributed by atoms with van der Waals surface area (Å²) < 4.78 is 20.6. The molecule has 21 heavy (non-hydrogen) atoms. The van der Waals surface area contributed by atoms with Crippen molar-refractivity contribution in [2.24, 2.45) is 0 Å². The molecule has 0 N–H and O–H groups in total. The molecule has 2 aromatic rings. The van der Waals surface area contributed by atoms with Crippen molar-refractivity contribution in [3.63, 3.8) is 0 Å². The first-order chi connectivity index (χ1) is 10.2. The van der Waals surface area contributed by atoms with E-state index in [-0.39, 0.29) is 0 Å². The maximum Gasteiger partial charge on any atom is 0.343 e. The lowest BCUT2D eigenvalue weighted by Gasteiger charge is -2.09. The molecule has 0 radical (unpaired) electrons. The lowest BCUT2D eigenvalue weighted by Crippen LogP contribution is -2.08. The van der Waals surface area contributed by atoms with Gasteiger partial charge in [0.05, 0.1) is 26.9 Å². The smallest absolute Gasteiger partial charge is 0.343 e. The van der Waals surface area contributed by atoms with Crippen LogP contribution in [0.25, 0.3) is 0 Å². The minimum Gasteiger partial charge on any atom is -0.497 e. The Morgan fingerprint density at radius 3 is 1.67 bits per heavy atom. The van der Waals surface area contributed by atoms with Gasteiger partial charge in [-0.1, -0.05) is 0 Å². The summed E-state index contributed by atoms with van der Waals surface area (Å²) in [5, 5.41) is 0. The highest BCUT2D eigenvalue weighted by molar-refractivity contribution is 5.91. The minimum atomic E-state index is -0.465. The molecule has 110 valence electrons. The van der Waals surface area contributed by atoms with Gasteiger partial charge in [-0.2, -0.15) is 0 Å². The van der Waals surface area contributed by atoms with Gasteiger partial charge in [-0.25, -0.2) is 4.79 Å². The summed E-state index contributed by atoms with van der Waals surface area (Å²) in [7, 11) is 4.63. The standard InChI is InChI=1S/C16H16O5/c1-18-12-6-4-11(5-7-12)16(17)21-15-9-13(19-2)8-14(10-15)20-3/h4-10H,1-3H3. The zero-order valence-electron chi connectivity index (χ0n) is 12.1. The predicted octanol–water partition coefficient (Wildman–Crippen LogP) is 2.93. The number of carbonyl (C=O) groups excluding carboxylic acids is 1. The molecule has 2 rings (SSSR count). The third-order valence-corrected chi connectivity index (χ3v) is 2.86. The van der Waals surface area contributed by atoms with Crippen LogP contribution >= 0.6 is 0 Å². The zero-order chi connectivity index (χ0) is 15.2. The fourth-order valence-corrected chi connectivity index (χ4v) is 1.73. The van der Waals surface area contributed by atoms with Gasteiger partial charge < -0.3 is 18.9 Å². The van der Waals surface area contributed by atoms with E-state index < -0.39 is 5.97 Å². The third kappa shape index (κ3) is 3.66. The van der Waals surface area contributed by atoms with E-state index in [0.717, 1.165) is 0 Å². The van der Waals surface area contributed by atoms with E-state index in [9.17, 15) is 4.79 Å². The van der Waals surface area contributed by atoms with Gasteiger partial charge in [-0.3, -0.25) is 0 Å². The van der Waals surface area contributed by atoms with Crippen LogP contribution in [0, 0.1) is 0 Å². The first-order valence-corrected chi connectivity index (χ1v) is 6.25. The van der Waals surface area contributed by atoms with E-state index >= 15 is 0 Å². The molecule has 0 amide bonds. The maximum atomic E-state index is 12.1. The van der Waals surface area contributed by atoms with Gasteiger partial charge in [0.1, 0.15) is 23.0 Å². The molecule has 5 nitrogen and oxygen atoms in total. The first kappa shape index (κ1) is 14.7. The Labute approximate surface area is 123 Å². The normalized spacial score (nSPS) is 9.86. The summed E-state index contributed by atoms with van der Waals surface area (Å²) in [5.41, 5.74) is 0.428. The van der Waals surface area contributed by atoms with E-state index in [0.29, 0.717) is 28.6 Å². The molecule has 0 spiro atoms. The van der Waals surface area contributed by atoms with Crippen LogP contribution in [0.3, 0.4) is 0 Å². The Balaban J connectivity index is 2.18. The topological polar surface area (TPSA) is 54.0 Å². The highest BCUT2D eigenvalue weighted by Crippen LogP contribution is 2.28. The molecule has 0 heterocycles. The first-order valence-electron chi connectivity index (χ1n) is 6.25. The minimum absolute atomic E-state index is 0.354. The van der Waals surface area contributed by atoms with Crippen molar-refractivity contribution in [1.82, 2.24) is 0 Å². The Morgan fingerprint density at radius 2 is 1.19 bits per heavy atom. The van der Waals surface area contributed by atoms with Crippen LogP contribution in [0.1, 0.15) is 10.4 Å². The van der Waals surface area contributed by atoms with E-state index in [1.165, 1.54) is 14.2 Å². The van der Waals surface area contributed by atoms with E-state index in [1.54, 1.807) is 49.6 Å². The monoisotopic (exact) mass is 288 g/mol. The zero-order valence-corrected chi connectivity index (χ0v) is 12.1. The van der Waals surface area contributed by atoms with Gasteiger partial charge in [-0.05, 0) is 24.3 Å². The molecule has 0 aliphatic rings. The number of rotatable bonds is 5. The van der Waals surface area contributed by atoms with Crippen molar-refractivity contribution in [1.29, 1.82) is 0 Å². The molecular weight excluding hydrogens is 272 g/mol. The highest BCUT2D eigenvalue weighted by atomic mass is 16.5. The van der Waals surface area contributed by atoms with Crippen molar-refractivity contribution in [2.75, 3.05) is 21.3 Å². The van der Waals surface area contributed by atoms with Crippen LogP contribution in [-0.4, -0.2) is 27.3 Å². The number of esters is 1. The quantitative estimate of drug-likeness (QED) is 0.625. The molecule has 0 fully saturated rings. The van der Waals surface area contributed by atoms with Gasteiger partial charge in [0.2, 0.25) is 0 Å². The van der Waals surface area contributed by atoms with E-state index in [4.69, 9.17) is 18.9 Å². The number of methoxy groups -OCH3 is 3. The van der Waals surface area contributed by atoms with Crippen LogP contribution in [0.4, 0.5) is 0 Å². The summed E-state index contributed by atoms with van der Waals surface area (Å²) in [4.78, 5) is 12.1. The average molecular weight is 288 g/mol. The van der Waals surface area contributed by atoms with Gasteiger partial charge in [-0.15, -0.1) is 0 Å². The molecular formula is C16H16O5. The molecule has 5 heteroatoms. The molecule has 0 unspecified atom stereocenters. The van der Waals surface area contributed by atoms with E-state index in [2.05, 4.69) is 0 Å². The second kappa shape index (κ2) is 6.65. The van der Waals surface area contributed by atoms with Crippen molar-refractivity contribution in [3.8, 4) is 23.0 Å². The highest BCUT2D eigenvalue weighted by Gasteiger charge is 2.11. The van der Waals surface area contributed by atoms with Crippen LogP contribution in [0.15, 0.2) is 42.5 Å². The number of benzene rings is 2. The number of ether oxygens (including phenoxy) is 4. The third-order valence-electron chi connectivity index (χ3n) is 2.86. The van der Waals surface area contributed by atoms with Crippen molar-refractivity contribution in [2.45, 2.75) is 0 Å². The summed E-state index contributed by atoms with van der Waals surface area (Å²) >= 11 is 0. The lowest BCUT2D eigenvalue weighted by molar-refractivity contribution is 0.0734. The number of hydrogen-bond donors (Lipinski definition) is 0. The van der Waals surface area contributed by atoms with Gasteiger partial charge in [0.15, 0.2) is 0 Å². The lowest BCUT2D eigenvalue weighted by atomic mass is 10.2. The molecule has 0 saturated carbocycles. The van der Waals surface area contributed by atoms with Crippen LogP contribution in [0.5, 0.6) is 23.0 Å². The Bertz CT molecular complexity index is 597. The van der Waals surface area contributed by atoms with E-state index in [1.807, 2.05) is 0 Å². The van der Waals surface area contributed by atoms with Crippen molar-refractivity contribution >= 4 is 5.97 Å². The molecule has 0 aliphatic heterocycles. The van der Waals surface area contributed by atoms with Crippen LogP contribution < -0.4 is 18.9 Å². The fourth-order valence-electron chi connectivity index (χ4n) is 1.73. The number of carbonyl (C=O) groups is 1. The van der Waals surface area contributed by atoms with Gasteiger partial charge >= 0.3 is 5.97 Å². The summed E-state index contributed by atoms with van der Waals surface area (Å²) in [6, 6.07) is 11.6. The second-order valence-electron chi connectivity index (χ2n) is 4.17. The molecule has 2 aromatic carbocycles. The second-order valence-corrected chi connectivity index (χ2v) is 4.17. The Kier molecular flexibility index (Phi) is 4.66. The summed E-state index contributed by atoms with van der Waals surface area (Å²) in [6.07, 6.45) is 0. The van der Waals surface area contributed by atoms with Gasteiger partial charge in [0.25, 0.3) is 0 Å². The molecule has 0 bridgehead atoms. The summed E-state index contributed by atoms with van der Waals surface area (Å²) in [6.45, 7) is 0.